The second-order valence-corrected chi connectivity index (χ2v) is 9.89. The van der Waals surface area contributed by atoms with E-state index >= 15 is 0 Å². The van der Waals surface area contributed by atoms with Crippen LogP contribution in [0.4, 0.5) is 5.69 Å². The van der Waals surface area contributed by atoms with E-state index < -0.39 is 0 Å². The second-order valence-electron chi connectivity index (χ2n) is 8.91. The fourth-order valence-electron chi connectivity index (χ4n) is 4.91. The lowest BCUT2D eigenvalue weighted by atomic mass is 9.94. The molecule has 166 valence electrons. The summed E-state index contributed by atoms with van der Waals surface area (Å²) in [4.78, 5) is 16.7. The van der Waals surface area contributed by atoms with Gasteiger partial charge in [-0.3, -0.25) is 9.69 Å². The quantitative estimate of drug-likeness (QED) is 0.482. The van der Waals surface area contributed by atoms with Crippen molar-refractivity contribution in [1.82, 2.24) is 15.1 Å². The van der Waals surface area contributed by atoms with E-state index in [4.69, 9.17) is 0 Å². The molecular formula is C26H30N4OS. The molecule has 1 aliphatic carbocycles. The lowest BCUT2D eigenvalue weighted by Gasteiger charge is -2.41. The number of hydrogen-bond donors (Lipinski definition) is 0. The maximum Gasteiger partial charge on any atom is 0.159 e. The molecule has 6 heteroatoms. The van der Waals surface area contributed by atoms with Crippen LogP contribution in [0.2, 0.25) is 0 Å². The first-order chi connectivity index (χ1) is 15.7. The number of carbonyl (C=O) groups is 1. The molecule has 1 aliphatic heterocycles. The summed E-state index contributed by atoms with van der Waals surface area (Å²) in [5.74, 6) is 0.0741. The van der Waals surface area contributed by atoms with E-state index in [1.807, 2.05) is 24.3 Å². The van der Waals surface area contributed by atoms with Gasteiger partial charge < -0.3 is 4.90 Å². The van der Waals surface area contributed by atoms with E-state index in [1.54, 1.807) is 18.3 Å². The van der Waals surface area contributed by atoms with Crippen molar-refractivity contribution in [3.63, 3.8) is 0 Å². The Hall–Kier alpha value is -2.57. The minimum absolute atomic E-state index is 0.0741. The van der Waals surface area contributed by atoms with Crippen molar-refractivity contribution in [2.24, 2.45) is 0 Å². The number of aromatic nitrogens is 2. The summed E-state index contributed by atoms with van der Waals surface area (Å²) in [6.07, 6.45) is 7.01. The van der Waals surface area contributed by atoms with E-state index in [1.165, 1.54) is 50.9 Å². The normalized spacial score (nSPS) is 18.1. The Bertz CT molecular complexity index is 1050. The maximum absolute atomic E-state index is 11.5. The van der Waals surface area contributed by atoms with Crippen molar-refractivity contribution in [2.75, 3.05) is 31.1 Å². The monoisotopic (exact) mass is 446 g/mol. The molecule has 2 heterocycles. The number of nitrogens with zero attached hydrogens (tertiary/aromatic N) is 4. The molecule has 0 radical (unpaired) electrons. The number of piperazine rings is 1. The molecule has 3 aromatic rings. The third-order valence-corrected chi connectivity index (χ3v) is 7.87. The highest BCUT2D eigenvalue weighted by molar-refractivity contribution is 7.17. The fraction of sp³-hybridized carbons (Fsp3) is 0.423. The molecule has 2 fully saturated rings. The molecular weight excluding hydrogens is 416 g/mol. The zero-order valence-electron chi connectivity index (χ0n) is 18.7. The van der Waals surface area contributed by atoms with Crippen LogP contribution in [0, 0.1) is 0 Å². The van der Waals surface area contributed by atoms with Gasteiger partial charge >= 0.3 is 0 Å². The highest BCUT2D eigenvalue weighted by atomic mass is 32.1. The molecule has 5 nitrogen and oxygen atoms in total. The minimum atomic E-state index is 0.0741. The molecule has 2 aliphatic rings. The van der Waals surface area contributed by atoms with E-state index in [2.05, 4.69) is 44.3 Å². The Balaban J connectivity index is 1.22. The van der Waals surface area contributed by atoms with Gasteiger partial charge in [0.1, 0.15) is 10.0 Å². The topological polar surface area (TPSA) is 49.3 Å². The van der Waals surface area contributed by atoms with Crippen LogP contribution in [0.1, 0.15) is 49.4 Å². The number of carbonyl (C=O) groups excluding carboxylic acids is 1. The number of ketones is 1. The Morgan fingerprint density at radius 1 is 0.812 bits per heavy atom. The van der Waals surface area contributed by atoms with Gasteiger partial charge in [0.25, 0.3) is 0 Å². The molecule has 32 heavy (non-hydrogen) atoms. The van der Waals surface area contributed by atoms with Gasteiger partial charge in [0.15, 0.2) is 5.78 Å². The van der Waals surface area contributed by atoms with Gasteiger partial charge in [-0.25, -0.2) is 0 Å². The molecule has 1 saturated carbocycles. The maximum atomic E-state index is 11.5. The third-order valence-electron chi connectivity index (χ3n) is 6.85. The summed E-state index contributed by atoms with van der Waals surface area (Å²) >= 11 is 1.58. The zero-order chi connectivity index (χ0) is 21.9. The number of benzene rings is 2. The molecule has 0 bridgehead atoms. The van der Waals surface area contributed by atoms with Crippen molar-refractivity contribution >= 4 is 22.8 Å². The van der Waals surface area contributed by atoms with E-state index in [-0.39, 0.29) is 5.78 Å². The van der Waals surface area contributed by atoms with Gasteiger partial charge in [-0.1, -0.05) is 54.9 Å². The first-order valence-electron chi connectivity index (χ1n) is 11.7. The molecule has 5 rings (SSSR count). The number of rotatable bonds is 5. The lowest BCUT2D eigenvalue weighted by Crippen LogP contribution is -2.50. The van der Waals surface area contributed by atoms with Gasteiger partial charge in [0.05, 0.1) is 0 Å². The molecule has 0 N–H and O–H groups in total. The summed E-state index contributed by atoms with van der Waals surface area (Å²) in [5.41, 5.74) is 4.10. The second kappa shape index (κ2) is 9.51. The Morgan fingerprint density at radius 3 is 1.94 bits per heavy atom. The van der Waals surface area contributed by atoms with E-state index in [0.29, 0.717) is 5.56 Å². The van der Waals surface area contributed by atoms with Crippen LogP contribution in [0.25, 0.3) is 21.1 Å². The molecule has 2 aromatic carbocycles. The summed E-state index contributed by atoms with van der Waals surface area (Å²) < 4.78 is 0. The van der Waals surface area contributed by atoms with Gasteiger partial charge in [0, 0.05) is 54.6 Å². The van der Waals surface area contributed by atoms with Crippen molar-refractivity contribution in [3.8, 4) is 21.1 Å². The Labute approximate surface area is 194 Å². The molecule has 0 amide bonds. The summed E-state index contributed by atoms with van der Waals surface area (Å²) in [5, 5.41) is 10.6. The van der Waals surface area contributed by atoms with Crippen LogP contribution < -0.4 is 4.90 Å². The molecule has 1 saturated heterocycles. The smallest absolute Gasteiger partial charge is 0.159 e. The summed E-state index contributed by atoms with van der Waals surface area (Å²) in [7, 11) is 0. The van der Waals surface area contributed by atoms with Crippen molar-refractivity contribution in [3.05, 3.63) is 54.1 Å². The van der Waals surface area contributed by atoms with Crippen LogP contribution in [0.15, 0.2) is 48.5 Å². The van der Waals surface area contributed by atoms with Crippen LogP contribution in [-0.2, 0) is 0 Å². The van der Waals surface area contributed by atoms with E-state index in [9.17, 15) is 4.79 Å². The van der Waals surface area contributed by atoms with Gasteiger partial charge in [-0.05, 0) is 44.0 Å². The molecule has 0 unspecified atom stereocenters. The number of Topliss-reactive ketones (excluding diaryl/α,β-unsaturated/α-hetero) is 1. The van der Waals surface area contributed by atoms with Crippen molar-refractivity contribution < 1.29 is 4.79 Å². The standard InChI is InChI=1S/C26H30N4OS/c1-19(31)20-7-9-21(10-8-20)25-27-28-26(32-25)22-11-13-24(14-12-22)30-17-15-29(16-18-30)23-5-3-2-4-6-23/h7-14,23H,2-6,15-18H2,1H3. The minimum Gasteiger partial charge on any atom is -0.369 e. The zero-order valence-corrected chi connectivity index (χ0v) is 19.5. The summed E-state index contributed by atoms with van der Waals surface area (Å²) in [6.45, 7) is 6.14. The van der Waals surface area contributed by atoms with Crippen LogP contribution in [0.3, 0.4) is 0 Å². The molecule has 1 aromatic heterocycles. The predicted molar refractivity (Wildman–Crippen MR) is 131 cm³/mol. The van der Waals surface area contributed by atoms with Crippen molar-refractivity contribution in [2.45, 2.75) is 45.1 Å². The third kappa shape index (κ3) is 4.62. The molecule has 0 atom stereocenters. The van der Waals surface area contributed by atoms with Crippen LogP contribution in [-0.4, -0.2) is 53.1 Å². The fourth-order valence-corrected chi connectivity index (χ4v) is 5.76. The number of hydrogen-bond acceptors (Lipinski definition) is 6. The highest BCUT2D eigenvalue weighted by Gasteiger charge is 2.25. The Morgan fingerprint density at radius 2 is 1.38 bits per heavy atom. The molecule has 0 spiro atoms. The average Bonchev–Trinajstić information content (AvgIpc) is 3.35. The first kappa shape index (κ1) is 21.3. The SMILES string of the molecule is CC(=O)c1ccc(-c2nnc(-c3ccc(N4CCN(C5CCCCC5)CC4)cc3)s2)cc1. The highest BCUT2D eigenvalue weighted by Crippen LogP contribution is 2.31. The lowest BCUT2D eigenvalue weighted by molar-refractivity contribution is 0.101. The summed E-state index contributed by atoms with van der Waals surface area (Å²) in [6, 6.07) is 17.1. The predicted octanol–water partition coefficient (Wildman–Crippen LogP) is 5.53. The van der Waals surface area contributed by atoms with E-state index in [0.717, 1.165) is 40.3 Å². The average molecular weight is 447 g/mol. The number of anilines is 1. The Kier molecular flexibility index (Phi) is 6.32. The first-order valence-corrected chi connectivity index (χ1v) is 12.5. The van der Waals surface area contributed by atoms with Gasteiger partial charge in [-0.15, -0.1) is 10.2 Å². The van der Waals surface area contributed by atoms with Gasteiger partial charge in [0.2, 0.25) is 0 Å². The van der Waals surface area contributed by atoms with Crippen LogP contribution in [0.5, 0.6) is 0 Å². The van der Waals surface area contributed by atoms with Crippen LogP contribution >= 0.6 is 11.3 Å². The van der Waals surface area contributed by atoms with Gasteiger partial charge in [-0.2, -0.15) is 0 Å². The largest absolute Gasteiger partial charge is 0.369 e. The van der Waals surface area contributed by atoms with Crippen molar-refractivity contribution in [1.29, 1.82) is 0 Å².